The molecule has 0 saturated carbocycles. The molecule has 31 heavy (non-hydrogen) atoms. The first-order valence-electron chi connectivity index (χ1n) is 10.7. The lowest BCUT2D eigenvalue weighted by Crippen LogP contribution is -2.34. The first-order valence-corrected chi connectivity index (χ1v) is 10.7. The Hall–Kier alpha value is -3.48. The number of pyridine rings is 1. The summed E-state index contributed by atoms with van der Waals surface area (Å²) in [6, 6.07) is 13.3. The molecular formula is C24H27N5O2. The summed E-state index contributed by atoms with van der Waals surface area (Å²) in [5.41, 5.74) is 3.04. The summed E-state index contributed by atoms with van der Waals surface area (Å²) in [5, 5.41) is 7.41. The molecule has 3 aromatic rings. The summed E-state index contributed by atoms with van der Waals surface area (Å²) in [5.74, 6) is 0.751. The maximum absolute atomic E-state index is 13.1. The van der Waals surface area contributed by atoms with Gasteiger partial charge in [0.25, 0.3) is 5.91 Å². The molecule has 1 aromatic carbocycles. The van der Waals surface area contributed by atoms with Gasteiger partial charge in [-0.2, -0.15) is 5.10 Å². The van der Waals surface area contributed by atoms with Crippen molar-refractivity contribution in [2.24, 2.45) is 0 Å². The minimum absolute atomic E-state index is 0.0849. The number of amides is 2. The molecule has 3 heterocycles. The topological polar surface area (TPSA) is 80.1 Å². The average Bonchev–Trinajstić information content (AvgIpc) is 3.22. The molecule has 0 unspecified atom stereocenters. The van der Waals surface area contributed by atoms with Crippen LogP contribution in [0.15, 0.2) is 54.9 Å². The fraction of sp³-hybridized carbons (Fsp3) is 0.333. The number of benzene rings is 1. The summed E-state index contributed by atoms with van der Waals surface area (Å²) in [4.78, 5) is 31.4. The molecule has 0 atom stereocenters. The van der Waals surface area contributed by atoms with E-state index in [-0.39, 0.29) is 17.7 Å². The van der Waals surface area contributed by atoms with Crippen LogP contribution in [-0.4, -0.2) is 38.0 Å². The Morgan fingerprint density at radius 3 is 2.77 bits per heavy atom. The fourth-order valence-corrected chi connectivity index (χ4v) is 3.95. The van der Waals surface area contributed by atoms with Gasteiger partial charge in [0.15, 0.2) is 5.82 Å². The van der Waals surface area contributed by atoms with E-state index in [1.807, 2.05) is 61.2 Å². The minimum Gasteiger partial charge on any atom is -0.338 e. The highest BCUT2D eigenvalue weighted by molar-refractivity contribution is 6.05. The van der Waals surface area contributed by atoms with Gasteiger partial charge < -0.3 is 10.2 Å². The Morgan fingerprint density at radius 2 is 2.03 bits per heavy atom. The molecule has 1 fully saturated rings. The van der Waals surface area contributed by atoms with Crippen LogP contribution >= 0.6 is 0 Å². The molecule has 1 N–H and O–H groups in total. The summed E-state index contributed by atoms with van der Waals surface area (Å²) < 4.78 is 1.72. The van der Waals surface area contributed by atoms with Crippen LogP contribution in [0, 0.1) is 0 Å². The summed E-state index contributed by atoms with van der Waals surface area (Å²) in [7, 11) is 0. The van der Waals surface area contributed by atoms with E-state index in [2.05, 4.69) is 15.4 Å². The van der Waals surface area contributed by atoms with E-state index in [4.69, 9.17) is 0 Å². The predicted molar refractivity (Wildman–Crippen MR) is 119 cm³/mol. The van der Waals surface area contributed by atoms with Crippen LogP contribution < -0.4 is 5.32 Å². The van der Waals surface area contributed by atoms with Crippen LogP contribution in [0.1, 0.15) is 60.6 Å². The van der Waals surface area contributed by atoms with E-state index >= 15 is 0 Å². The largest absolute Gasteiger partial charge is 0.338 e. The number of piperidine rings is 1. The van der Waals surface area contributed by atoms with Gasteiger partial charge in [-0.1, -0.05) is 32.0 Å². The van der Waals surface area contributed by atoms with Gasteiger partial charge in [0.1, 0.15) is 0 Å². The van der Waals surface area contributed by atoms with E-state index in [9.17, 15) is 9.59 Å². The van der Waals surface area contributed by atoms with Crippen LogP contribution in [0.4, 0.5) is 5.69 Å². The number of carbonyl (C=O) groups is 2. The molecule has 0 spiro atoms. The smallest absolute Gasteiger partial charge is 0.259 e. The lowest BCUT2D eigenvalue weighted by Gasteiger charge is -2.26. The van der Waals surface area contributed by atoms with E-state index in [1.165, 1.54) is 0 Å². The van der Waals surface area contributed by atoms with Gasteiger partial charge in [0.05, 0.1) is 17.5 Å². The van der Waals surface area contributed by atoms with Crippen molar-refractivity contribution in [3.05, 3.63) is 71.7 Å². The standard InChI is InChI=1S/C24H27N5O2/c1-17(2)23-20(15-26-29(23)21-10-3-5-12-25-21)24(31)27-19-9-7-8-18(14-19)16-28-13-6-4-11-22(28)30/h3,5,7-10,12,14-15,17H,4,6,11,13,16H2,1-2H3,(H,27,31). The fourth-order valence-electron chi connectivity index (χ4n) is 3.95. The van der Waals surface area contributed by atoms with Crippen molar-refractivity contribution >= 4 is 17.5 Å². The second-order valence-electron chi connectivity index (χ2n) is 8.12. The Kier molecular flexibility index (Phi) is 6.11. The van der Waals surface area contributed by atoms with E-state index in [0.717, 1.165) is 30.6 Å². The van der Waals surface area contributed by atoms with Crippen LogP contribution in [0.5, 0.6) is 0 Å². The molecule has 0 bridgehead atoms. The maximum atomic E-state index is 13.1. The number of anilines is 1. The SMILES string of the molecule is CC(C)c1c(C(=O)Nc2cccc(CN3CCCCC3=O)c2)cnn1-c1ccccn1. The van der Waals surface area contributed by atoms with Crippen molar-refractivity contribution in [2.75, 3.05) is 11.9 Å². The van der Waals surface area contributed by atoms with Gasteiger partial charge >= 0.3 is 0 Å². The van der Waals surface area contributed by atoms with E-state index in [1.54, 1.807) is 17.1 Å². The molecule has 2 amide bonds. The number of carbonyl (C=O) groups excluding carboxylic acids is 2. The Bertz CT molecular complexity index is 1070. The Balaban J connectivity index is 1.54. The third-order valence-electron chi connectivity index (χ3n) is 5.44. The van der Waals surface area contributed by atoms with Crippen LogP contribution in [0.2, 0.25) is 0 Å². The second-order valence-corrected chi connectivity index (χ2v) is 8.12. The Labute approximate surface area is 182 Å². The van der Waals surface area contributed by atoms with Crippen molar-refractivity contribution in [3.8, 4) is 5.82 Å². The number of hydrogen-bond donors (Lipinski definition) is 1. The minimum atomic E-state index is -0.211. The van der Waals surface area contributed by atoms with Crippen LogP contribution in [0.25, 0.3) is 5.82 Å². The number of rotatable bonds is 6. The molecule has 0 radical (unpaired) electrons. The zero-order valence-corrected chi connectivity index (χ0v) is 17.9. The van der Waals surface area contributed by atoms with Gasteiger partial charge in [-0.15, -0.1) is 0 Å². The van der Waals surface area contributed by atoms with Gasteiger partial charge in [-0.3, -0.25) is 9.59 Å². The number of hydrogen-bond acceptors (Lipinski definition) is 4. The van der Waals surface area contributed by atoms with Crippen LogP contribution in [0.3, 0.4) is 0 Å². The van der Waals surface area contributed by atoms with Crippen molar-refractivity contribution < 1.29 is 9.59 Å². The number of nitrogens with one attached hydrogen (secondary N) is 1. The third-order valence-corrected chi connectivity index (χ3v) is 5.44. The van der Waals surface area contributed by atoms with Crippen molar-refractivity contribution in [1.82, 2.24) is 19.7 Å². The number of likely N-dealkylation sites (tertiary alicyclic amines) is 1. The third kappa shape index (κ3) is 4.66. The number of nitrogens with zero attached hydrogens (tertiary/aromatic N) is 4. The van der Waals surface area contributed by atoms with Gasteiger partial charge in [0, 0.05) is 31.4 Å². The molecule has 7 nitrogen and oxygen atoms in total. The molecule has 4 rings (SSSR count). The van der Waals surface area contributed by atoms with Gasteiger partial charge in [0.2, 0.25) is 5.91 Å². The number of aromatic nitrogens is 3. The highest BCUT2D eigenvalue weighted by Gasteiger charge is 2.22. The summed E-state index contributed by atoms with van der Waals surface area (Å²) in [6.07, 6.45) is 5.93. The first kappa shape index (κ1) is 20.8. The lowest BCUT2D eigenvalue weighted by atomic mass is 10.0. The van der Waals surface area contributed by atoms with E-state index in [0.29, 0.717) is 30.0 Å². The lowest BCUT2D eigenvalue weighted by molar-refractivity contribution is -0.133. The van der Waals surface area contributed by atoms with Crippen molar-refractivity contribution in [1.29, 1.82) is 0 Å². The van der Waals surface area contributed by atoms with Crippen molar-refractivity contribution in [3.63, 3.8) is 0 Å². The van der Waals surface area contributed by atoms with Crippen molar-refractivity contribution in [2.45, 2.75) is 45.6 Å². The highest BCUT2D eigenvalue weighted by atomic mass is 16.2. The Morgan fingerprint density at radius 1 is 1.16 bits per heavy atom. The highest BCUT2D eigenvalue weighted by Crippen LogP contribution is 2.24. The van der Waals surface area contributed by atoms with Crippen LogP contribution in [-0.2, 0) is 11.3 Å². The molecule has 2 aromatic heterocycles. The zero-order valence-electron chi connectivity index (χ0n) is 17.9. The quantitative estimate of drug-likeness (QED) is 0.653. The molecular weight excluding hydrogens is 390 g/mol. The molecule has 1 aliphatic rings. The molecule has 1 saturated heterocycles. The molecule has 7 heteroatoms. The molecule has 0 aliphatic carbocycles. The second kappa shape index (κ2) is 9.12. The monoisotopic (exact) mass is 417 g/mol. The normalized spacial score (nSPS) is 14.2. The average molecular weight is 418 g/mol. The summed E-state index contributed by atoms with van der Waals surface area (Å²) >= 11 is 0. The maximum Gasteiger partial charge on any atom is 0.259 e. The predicted octanol–water partition coefficient (Wildman–Crippen LogP) is 4.16. The van der Waals surface area contributed by atoms with Gasteiger partial charge in [-0.05, 0) is 48.6 Å². The molecule has 1 aliphatic heterocycles. The molecule has 160 valence electrons. The van der Waals surface area contributed by atoms with E-state index < -0.39 is 0 Å². The first-order chi connectivity index (χ1) is 15.0. The zero-order chi connectivity index (χ0) is 21.8. The summed E-state index contributed by atoms with van der Waals surface area (Å²) in [6.45, 7) is 5.42. The van der Waals surface area contributed by atoms with Gasteiger partial charge in [-0.25, -0.2) is 9.67 Å².